The maximum absolute atomic E-state index is 14.1. The predicted octanol–water partition coefficient (Wildman–Crippen LogP) is 4.07. The Bertz CT molecular complexity index is 480. The fourth-order valence-corrected chi connectivity index (χ4v) is 2.58. The van der Waals surface area contributed by atoms with Gasteiger partial charge in [0.1, 0.15) is 5.82 Å². The molecule has 0 amide bonds. The van der Waals surface area contributed by atoms with Crippen LogP contribution in [0.2, 0.25) is 0 Å². The van der Waals surface area contributed by atoms with Crippen molar-refractivity contribution in [1.29, 1.82) is 0 Å². The van der Waals surface area contributed by atoms with Gasteiger partial charge in [0.15, 0.2) is 0 Å². The van der Waals surface area contributed by atoms with Gasteiger partial charge in [-0.3, -0.25) is 4.90 Å². The fraction of sp³-hybridized carbons (Fsp3) is 0.556. The van der Waals surface area contributed by atoms with Crippen LogP contribution < -0.4 is 5.32 Å². The number of likely N-dealkylation sites (tertiary alicyclic amines) is 1. The highest BCUT2D eigenvalue weighted by atomic mass is 19.1. The fourth-order valence-electron chi connectivity index (χ4n) is 2.58. The van der Waals surface area contributed by atoms with Crippen molar-refractivity contribution in [1.82, 2.24) is 10.2 Å². The number of benzene rings is 1. The molecule has 1 aromatic rings. The lowest BCUT2D eigenvalue weighted by Crippen LogP contribution is -2.36. The van der Waals surface area contributed by atoms with Crippen LogP contribution in [0.4, 0.5) is 4.39 Å². The van der Waals surface area contributed by atoms with Crippen LogP contribution in [0.15, 0.2) is 30.5 Å². The summed E-state index contributed by atoms with van der Waals surface area (Å²) in [4.78, 5) is 2.35. The van der Waals surface area contributed by atoms with Crippen LogP contribution in [0, 0.1) is 11.7 Å². The van der Waals surface area contributed by atoms with Crippen molar-refractivity contribution >= 4 is 0 Å². The Morgan fingerprint density at radius 1 is 1.43 bits per heavy atom. The molecule has 1 aliphatic rings. The first-order chi connectivity index (χ1) is 10.1. The van der Waals surface area contributed by atoms with Crippen LogP contribution >= 0.6 is 0 Å². The van der Waals surface area contributed by atoms with E-state index < -0.39 is 0 Å². The number of hydrogen-bond acceptors (Lipinski definition) is 2. The van der Waals surface area contributed by atoms with E-state index in [1.807, 2.05) is 12.1 Å². The van der Waals surface area contributed by atoms with Crippen molar-refractivity contribution < 1.29 is 4.39 Å². The van der Waals surface area contributed by atoms with Crippen molar-refractivity contribution in [2.45, 2.75) is 46.2 Å². The molecule has 0 aliphatic carbocycles. The smallest absolute Gasteiger partial charge is 0.128 e. The minimum atomic E-state index is -0.114. The number of rotatable bonds is 8. The molecule has 2 rings (SSSR count). The molecular formula is C18H27FN2. The molecule has 0 aromatic heterocycles. The van der Waals surface area contributed by atoms with E-state index in [4.69, 9.17) is 0 Å². The molecule has 116 valence electrons. The lowest BCUT2D eigenvalue weighted by atomic mass is 10.0. The van der Waals surface area contributed by atoms with Gasteiger partial charge in [-0.2, -0.15) is 0 Å². The summed E-state index contributed by atoms with van der Waals surface area (Å²) < 4.78 is 14.1. The summed E-state index contributed by atoms with van der Waals surface area (Å²) in [7, 11) is 0. The van der Waals surface area contributed by atoms with E-state index in [1.165, 1.54) is 6.42 Å². The third kappa shape index (κ3) is 4.57. The van der Waals surface area contributed by atoms with E-state index in [9.17, 15) is 4.39 Å². The van der Waals surface area contributed by atoms with Crippen molar-refractivity contribution in [3.8, 4) is 0 Å². The van der Waals surface area contributed by atoms with Crippen LogP contribution in [0.25, 0.3) is 0 Å². The molecule has 3 heteroatoms. The number of nitrogens with one attached hydrogen (secondary N) is 1. The van der Waals surface area contributed by atoms with Gasteiger partial charge in [0.2, 0.25) is 0 Å². The van der Waals surface area contributed by atoms with Gasteiger partial charge in [-0.05, 0) is 43.5 Å². The van der Waals surface area contributed by atoms with Gasteiger partial charge in [0, 0.05) is 24.4 Å². The van der Waals surface area contributed by atoms with E-state index in [0.29, 0.717) is 12.5 Å². The van der Waals surface area contributed by atoms with E-state index in [0.717, 1.165) is 49.3 Å². The summed E-state index contributed by atoms with van der Waals surface area (Å²) in [6.45, 7) is 12.1. The highest BCUT2D eigenvalue weighted by molar-refractivity contribution is 5.29. The lowest BCUT2D eigenvalue weighted by Gasteiger charge is -2.31. The van der Waals surface area contributed by atoms with Crippen LogP contribution in [0.1, 0.15) is 44.2 Å². The van der Waals surface area contributed by atoms with Gasteiger partial charge in [-0.25, -0.2) is 4.39 Å². The van der Waals surface area contributed by atoms with Crippen LogP contribution in [-0.2, 0) is 13.1 Å². The Morgan fingerprint density at radius 2 is 2.19 bits per heavy atom. The summed E-state index contributed by atoms with van der Waals surface area (Å²) in [5.41, 5.74) is 2.88. The molecule has 0 spiro atoms. The average molecular weight is 290 g/mol. The maximum Gasteiger partial charge on any atom is 0.128 e. The molecule has 1 aliphatic heterocycles. The Morgan fingerprint density at radius 3 is 2.81 bits per heavy atom. The maximum atomic E-state index is 14.1. The summed E-state index contributed by atoms with van der Waals surface area (Å²) in [6.07, 6.45) is 3.35. The molecule has 21 heavy (non-hydrogen) atoms. The van der Waals surface area contributed by atoms with Gasteiger partial charge < -0.3 is 5.32 Å². The second kappa shape index (κ2) is 7.60. The highest BCUT2D eigenvalue weighted by Gasteiger charge is 2.17. The van der Waals surface area contributed by atoms with Gasteiger partial charge in [0.05, 0.1) is 0 Å². The molecule has 1 fully saturated rings. The lowest BCUT2D eigenvalue weighted by molar-refractivity contribution is 0.172. The number of allylic oxidation sites excluding steroid dienone is 1. The van der Waals surface area contributed by atoms with Crippen molar-refractivity contribution in [2.75, 3.05) is 13.1 Å². The average Bonchev–Trinajstić information content (AvgIpc) is 2.41. The van der Waals surface area contributed by atoms with Gasteiger partial charge >= 0.3 is 0 Å². The SMILES string of the molecule is C=C(CC(C)CC)NCc1c(F)cccc1CN1CCC1. The zero-order valence-electron chi connectivity index (χ0n) is 13.3. The molecule has 0 radical (unpaired) electrons. The van der Waals surface area contributed by atoms with Gasteiger partial charge in [-0.1, -0.05) is 39.0 Å². The summed E-state index contributed by atoms with van der Waals surface area (Å²) >= 11 is 0. The molecule has 1 heterocycles. The molecule has 1 atom stereocenters. The number of hydrogen-bond donors (Lipinski definition) is 1. The Labute approximate surface area is 128 Å². The van der Waals surface area contributed by atoms with Crippen molar-refractivity contribution in [2.24, 2.45) is 5.92 Å². The zero-order chi connectivity index (χ0) is 15.2. The van der Waals surface area contributed by atoms with Crippen LogP contribution in [0.5, 0.6) is 0 Å². The first-order valence-electron chi connectivity index (χ1n) is 8.00. The number of halogens is 1. The Hall–Kier alpha value is -1.35. The van der Waals surface area contributed by atoms with Gasteiger partial charge in [-0.15, -0.1) is 0 Å². The highest BCUT2D eigenvalue weighted by Crippen LogP contribution is 2.19. The molecule has 0 saturated carbocycles. The van der Waals surface area contributed by atoms with Crippen LogP contribution in [-0.4, -0.2) is 18.0 Å². The standard InChI is InChI=1S/C18H27FN2/c1-4-14(2)11-15(3)20-12-17-16(7-5-8-18(17)19)13-21-9-6-10-21/h5,7-8,14,20H,3-4,6,9-13H2,1-2H3. The molecule has 1 N–H and O–H groups in total. The molecular weight excluding hydrogens is 263 g/mol. The first kappa shape index (κ1) is 16.0. The minimum Gasteiger partial charge on any atom is -0.385 e. The monoisotopic (exact) mass is 290 g/mol. The topological polar surface area (TPSA) is 15.3 Å². The van der Waals surface area contributed by atoms with Gasteiger partial charge in [0.25, 0.3) is 0 Å². The second-order valence-corrected chi connectivity index (χ2v) is 6.18. The Kier molecular flexibility index (Phi) is 5.80. The molecule has 2 nitrogen and oxygen atoms in total. The molecule has 1 saturated heterocycles. The van der Waals surface area contributed by atoms with E-state index in [1.54, 1.807) is 6.07 Å². The van der Waals surface area contributed by atoms with Crippen molar-refractivity contribution in [3.63, 3.8) is 0 Å². The van der Waals surface area contributed by atoms with E-state index >= 15 is 0 Å². The third-order valence-corrected chi connectivity index (χ3v) is 4.37. The molecule has 0 bridgehead atoms. The Balaban J connectivity index is 1.96. The third-order valence-electron chi connectivity index (χ3n) is 4.37. The van der Waals surface area contributed by atoms with Crippen molar-refractivity contribution in [3.05, 3.63) is 47.4 Å². The van der Waals surface area contributed by atoms with Crippen LogP contribution in [0.3, 0.4) is 0 Å². The largest absolute Gasteiger partial charge is 0.385 e. The quantitative estimate of drug-likeness (QED) is 0.776. The zero-order valence-corrected chi connectivity index (χ0v) is 13.3. The van der Waals surface area contributed by atoms with E-state index in [2.05, 4.69) is 30.6 Å². The summed E-state index contributed by atoms with van der Waals surface area (Å²) in [6, 6.07) is 5.39. The summed E-state index contributed by atoms with van der Waals surface area (Å²) in [5.74, 6) is 0.503. The predicted molar refractivity (Wildman–Crippen MR) is 86.3 cm³/mol. The normalized spacial score (nSPS) is 16.3. The first-order valence-corrected chi connectivity index (χ1v) is 8.00. The second-order valence-electron chi connectivity index (χ2n) is 6.18. The summed E-state index contributed by atoms with van der Waals surface area (Å²) in [5, 5.41) is 3.30. The van der Waals surface area contributed by atoms with E-state index in [-0.39, 0.29) is 5.82 Å². The minimum absolute atomic E-state index is 0.114. The molecule has 1 aromatic carbocycles. The molecule has 1 unspecified atom stereocenters. The number of nitrogens with zero attached hydrogens (tertiary/aromatic N) is 1.